The first-order chi connectivity index (χ1) is 9.78. The Morgan fingerprint density at radius 3 is 3.20 bits per heavy atom. The van der Waals surface area contributed by atoms with E-state index in [1.165, 1.54) is 10.4 Å². The summed E-state index contributed by atoms with van der Waals surface area (Å²) >= 11 is 1.65. The maximum atomic E-state index is 7.79. The second kappa shape index (κ2) is 5.46. The molecule has 5 heteroatoms. The number of rotatable bonds is 4. The molecule has 0 spiro atoms. The van der Waals surface area contributed by atoms with E-state index in [1.807, 2.05) is 36.8 Å². The first-order valence-corrected chi connectivity index (χ1v) is 7.34. The van der Waals surface area contributed by atoms with Gasteiger partial charge in [-0.05, 0) is 25.1 Å². The monoisotopic (exact) mass is 285 g/mol. The Labute approximate surface area is 121 Å². The van der Waals surface area contributed by atoms with Crippen LogP contribution in [-0.2, 0) is 11.3 Å². The molecular weight excluding hydrogens is 270 g/mol. The van der Waals surface area contributed by atoms with E-state index in [0.717, 1.165) is 17.5 Å². The summed E-state index contributed by atoms with van der Waals surface area (Å²) in [5, 5.41) is 10.9. The van der Waals surface area contributed by atoms with Crippen LogP contribution in [0.2, 0.25) is 0 Å². The van der Waals surface area contributed by atoms with Crippen molar-refractivity contribution in [2.24, 2.45) is 0 Å². The van der Waals surface area contributed by atoms with Gasteiger partial charge in [-0.3, -0.25) is 10.4 Å². The van der Waals surface area contributed by atoms with Crippen molar-refractivity contribution in [3.63, 3.8) is 0 Å². The number of hydrogen-bond acceptors (Lipinski definition) is 4. The summed E-state index contributed by atoms with van der Waals surface area (Å²) in [6, 6.07) is 6.11. The van der Waals surface area contributed by atoms with Crippen LogP contribution in [0, 0.1) is 5.41 Å². The molecule has 1 N–H and O–H groups in total. The lowest BCUT2D eigenvalue weighted by Gasteiger charge is -2.03. The second-order valence-electron chi connectivity index (χ2n) is 4.44. The van der Waals surface area contributed by atoms with Gasteiger partial charge in [-0.25, -0.2) is 0 Å². The molecule has 0 aliphatic carbocycles. The predicted octanol–water partition coefficient (Wildman–Crippen LogP) is 3.51. The number of nitrogens with zero attached hydrogens (tertiary/aromatic N) is 2. The summed E-state index contributed by atoms with van der Waals surface area (Å²) in [5.41, 5.74) is 2.03. The van der Waals surface area contributed by atoms with E-state index in [0.29, 0.717) is 6.61 Å². The highest BCUT2D eigenvalue weighted by molar-refractivity contribution is 7.10. The maximum absolute atomic E-state index is 7.79. The maximum Gasteiger partial charge on any atom is 0.214 e. The summed E-state index contributed by atoms with van der Waals surface area (Å²) in [6.45, 7) is 3.22. The minimum absolute atomic E-state index is 0.247. The van der Waals surface area contributed by atoms with Gasteiger partial charge in [-0.15, -0.1) is 11.3 Å². The third kappa shape index (κ3) is 2.44. The van der Waals surface area contributed by atoms with Crippen LogP contribution >= 0.6 is 11.3 Å². The molecule has 0 aliphatic heterocycles. The zero-order valence-electron chi connectivity index (χ0n) is 11.2. The van der Waals surface area contributed by atoms with E-state index >= 15 is 0 Å². The number of ether oxygens (including phenoxy) is 1. The number of aromatic nitrogens is 2. The fraction of sp³-hybridized carbons (Fsp3) is 0.200. The van der Waals surface area contributed by atoms with Crippen molar-refractivity contribution in [2.45, 2.75) is 13.5 Å². The zero-order chi connectivity index (χ0) is 13.9. The lowest BCUT2D eigenvalue weighted by molar-refractivity contribution is 0.326. The van der Waals surface area contributed by atoms with Crippen LogP contribution in [0.4, 0.5) is 0 Å². The van der Waals surface area contributed by atoms with Crippen LogP contribution in [0.15, 0.2) is 42.2 Å². The summed E-state index contributed by atoms with van der Waals surface area (Å²) in [6.07, 6.45) is 5.75. The van der Waals surface area contributed by atoms with Crippen molar-refractivity contribution in [1.29, 1.82) is 5.41 Å². The first kappa shape index (κ1) is 12.9. The van der Waals surface area contributed by atoms with Gasteiger partial charge in [0.25, 0.3) is 0 Å². The average molecular weight is 285 g/mol. The molecule has 3 rings (SSSR count). The highest BCUT2D eigenvalue weighted by Crippen LogP contribution is 2.20. The second-order valence-corrected chi connectivity index (χ2v) is 5.44. The van der Waals surface area contributed by atoms with Crippen LogP contribution in [0.25, 0.3) is 10.9 Å². The molecule has 0 saturated carbocycles. The highest BCUT2D eigenvalue weighted by Gasteiger charge is 2.07. The van der Waals surface area contributed by atoms with Crippen LogP contribution < -0.4 is 0 Å². The molecule has 0 atom stereocenters. The van der Waals surface area contributed by atoms with Crippen molar-refractivity contribution in [3.05, 3.63) is 52.6 Å². The lowest BCUT2D eigenvalue weighted by Crippen LogP contribution is -2.03. The molecule has 3 heterocycles. The predicted molar refractivity (Wildman–Crippen MR) is 81.6 cm³/mol. The van der Waals surface area contributed by atoms with Crippen LogP contribution in [0.5, 0.6) is 0 Å². The molecule has 102 valence electrons. The van der Waals surface area contributed by atoms with Gasteiger partial charge in [0.1, 0.15) is 0 Å². The number of nitrogens with one attached hydrogen (secondary N) is 1. The van der Waals surface area contributed by atoms with Gasteiger partial charge in [-0.2, -0.15) is 0 Å². The Balaban J connectivity index is 1.83. The van der Waals surface area contributed by atoms with E-state index < -0.39 is 0 Å². The van der Waals surface area contributed by atoms with E-state index in [4.69, 9.17) is 10.1 Å². The van der Waals surface area contributed by atoms with Gasteiger partial charge in [0.15, 0.2) is 0 Å². The summed E-state index contributed by atoms with van der Waals surface area (Å²) in [7, 11) is 0. The summed E-state index contributed by atoms with van der Waals surface area (Å²) < 4.78 is 7.41. The quantitative estimate of drug-likeness (QED) is 0.589. The number of pyridine rings is 1. The van der Waals surface area contributed by atoms with Crippen molar-refractivity contribution >= 4 is 28.1 Å². The standard InChI is InChI=1S/C15H15N3OS/c1-2-19-15(16)12-7-13(20-10-12)9-18-6-4-11-8-17-5-3-14(11)18/h3-8,10,16H,2,9H2,1H3. The normalized spacial score (nSPS) is 10.8. The smallest absolute Gasteiger partial charge is 0.214 e. The van der Waals surface area contributed by atoms with Gasteiger partial charge >= 0.3 is 0 Å². The lowest BCUT2D eigenvalue weighted by atomic mass is 10.3. The fourth-order valence-corrected chi connectivity index (χ4v) is 3.02. The molecule has 3 aromatic rings. The van der Waals surface area contributed by atoms with Gasteiger partial charge in [0.2, 0.25) is 5.90 Å². The number of hydrogen-bond donors (Lipinski definition) is 1. The van der Waals surface area contributed by atoms with Crippen LogP contribution in [-0.4, -0.2) is 22.1 Å². The Kier molecular flexibility index (Phi) is 3.52. The molecule has 0 saturated heterocycles. The molecule has 0 fully saturated rings. The average Bonchev–Trinajstić information content (AvgIpc) is 3.08. The summed E-state index contributed by atoms with van der Waals surface area (Å²) in [5.74, 6) is 0.247. The van der Waals surface area contributed by atoms with Gasteiger partial charge < -0.3 is 9.30 Å². The highest BCUT2D eigenvalue weighted by atomic mass is 32.1. The van der Waals surface area contributed by atoms with Gasteiger partial charge in [0, 0.05) is 39.8 Å². The van der Waals surface area contributed by atoms with Gasteiger partial charge in [0.05, 0.1) is 18.7 Å². The fourth-order valence-electron chi connectivity index (χ4n) is 2.16. The molecule has 0 aliphatic rings. The van der Waals surface area contributed by atoms with E-state index in [9.17, 15) is 0 Å². The zero-order valence-corrected chi connectivity index (χ0v) is 12.0. The molecule has 0 unspecified atom stereocenters. The number of thiophene rings is 1. The van der Waals surface area contributed by atoms with Crippen LogP contribution in [0.3, 0.4) is 0 Å². The molecule has 20 heavy (non-hydrogen) atoms. The molecular formula is C15H15N3OS. The molecule has 4 nitrogen and oxygen atoms in total. The minimum atomic E-state index is 0.247. The minimum Gasteiger partial charge on any atom is -0.478 e. The topological polar surface area (TPSA) is 50.9 Å². The Morgan fingerprint density at radius 1 is 1.45 bits per heavy atom. The van der Waals surface area contributed by atoms with Gasteiger partial charge in [-0.1, -0.05) is 0 Å². The van der Waals surface area contributed by atoms with E-state index in [-0.39, 0.29) is 5.90 Å². The molecule has 0 aromatic carbocycles. The third-order valence-corrected chi connectivity index (χ3v) is 4.02. The van der Waals surface area contributed by atoms with E-state index in [2.05, 4.69) is 21.8 Å². The van der Waals surface area contributed by atoms with Crippen molar-refractivity contribution in [1.82, 2.24) is 9.55 Å². The first-order valence-electron chi connectivity index (χ1n) is 6.46. The van der Waals surface area contributed by atoms with Crippen LogP contribution in [0.1, 0.15) is 17.4 Å². The van der Waals surface area contributed by atoms with Crippen molar-refractivity contribution < 1.29 is 4.74 Å². The van der Waals surface area contributed by atoms with E-state index in [1.54, 1.807) is 11.3 Å². The summed E-state index contributed by atoms with van der Waals surface area (Å²) in [4.78, 5) is 5.33. The molecule has 0 amide bonds. The molecule has 3 aromatic heterocycles. The van der Waals surface area contributed by atoms with Crippen molar-refractivity contribution in [3.8, 4) is 0 Å². The molecule has 0 bridgehead atoms. The largest absolute Gasteiger partial charge is 0.478 e. The molecule has 0 radical (unpaired) electrons. The van der Waals surface area contributed by atoms with Crippen molar-refractivity contribution in [2.75, 3.05) is 6.61 Å². The Hall–Kier alpha value is -2.14. The Morgan fingerprint density at radius 2 is 2.35 bits per heavy atom. The Bertz CT molecular complexity index is 744. The third-order valence-electron chi connectivity index (χ3n) is 3.10. The number of fused-ring (bicyclic) bond motifs is 1. The SMILES string of the molecule is CCOC(=N)c1csc(Cn2ccc3cnccc32)c1.